The van der Waals surface area contributed by atoms with Crippen LogP contribution in [0.2, 0.25) is 0 Å². The van der Waals surface area contributed by atoms with Crippen LogP contribution in [0.3, 0.4) is 0 Å². The zero-order valence-corrected chi connectivity index (χ0v) is 18.7. The Kier molecular flexibility index (Phi) is 6.15. The molecule has 0 spiro atoms. The molecule has 0 bridgehead atoms. The first-order valence-corrected chi connectivity index (χ1v) is 11.2. The molecular formula is C25H24N6O3. The molecule has 1 saturated carbocycles. The number of carbonyl (C=O) groups is 1. The van der Waals surface area contributed by atoms with E-state index >= 15 is 0 Å². The van der Waals surface area contributed by atoms with Gasteiger partial charge in [0.25, 0.3) is 5.91 Å². The van der Waals surface area contributed by atoms with Gasteiger partial charge in [-0.3, -0.25) is 14.7 Å². The molecule has 9 heteroatoms. The number of nitrogens with zero attached hydrogens (tertiary/aromatic N) is 5. The summed E-state index contributed by atoms with van der Waals surface area (Å²) in [6.07, 6.45) is 7.67. The van der Waals surface area contributed by atoms with Crippen LogP contribution >= 0.6 is 0 Å². The number of hydrogen-bond donors (Lipinski definition) is 1. The fourth-order valence-electron chi connectivity index (χ4n) is 4.15. The van der Waals surface area contributed by atoms with Crippen LogP contribution in [-0.2, 0) is 0 Å². The van der Waals surface area contributed by atoms with Gasteiger partial charge < -0.3 is 9.47 Å². The number of pyridine rings is 1. The Labute approximate surface area is 196 Å². The lowest BCUT2D eigenvalue weighted by Crippen LogP contribution is -2.26. The first kappa shape index (κ1) is 21.6. The highest BCUT2D eigenvalue weighted by atomic mass is 16.5. The fraction of sp³-hybridized carbons (Fsp3) is 0.240. The van der Waals surface area contributed by atoms with Crippen LogP contribution in [0.25, 0.3) is 11.4 Å². The quantitative estimate of drug-likeness (QED) is 0.434. The lowest BCUT2D eigenvalue weighted by molar-refractivity contribution is 0.0999. The lowest BCUT2D eigenvalue weighted by atomic mass is 10.1. The summed E-state index contributed by atoms with van der Waals surface area (Å²) in [5, 5.41) is 14.2. The monoisotopic (exact) mass is 456 g/mol. The Bertz CT molecular complexity index is 1260. The van der Waals surface area contributed by atoms with Crippen molar-refractivity contribution < 1.29 is 14.3 Å². The predicted molar refractivity (Wildman–Crippen MR) is 126 cm³/mol. The highest BCUT2D eigenvalue weighted by molar-refractivity contribution is 6.11. The summed E-state index contributed by atoms with van der Waals surface area (Å²) in [5.74, 6) is 1.46. The first-order chi connectivity index (χ1) is 16.7. The number of anilines is 2. The number of rotatable bonds is 7. The van der Waals surface area contributed by atoms with Crippen LogP contribution in [0.4, 0.5) is 11.4 Å². The van der Waals surface area contributed by atoms with Crippen molar-refractivity contribution in [3.8, 4) is 22.9 Å². The second-order valence-corrected chi connectivity index (χ2v) is 8.03. The van der Waals surface area contributed by atoms with Gasteiger partial charge in [0.15, 0.2) is 11.5 Å². The molecule has 0 atom stereocenters. The number of aromatic amines is 1. The molecule has 0 unspecified atom stereocenters. The number of H-pyrrole nitrogens is 1. The van der Waals surface area contributed by atoms with Gasteiger partial charge in [0.05, 0.1) is 24.5 Å². The summed E-state index contributed by atoms with van der Waals surface area (Å²) >= 11 is 0. The van der Waals surface area contributed by atoms with Gasteiger partial charge in [0, 0.05) is 29.7 Å². The molecule has 9 nitrogen and oxygen atoms in total. The molecule has 5 rings (SSSR count). The molecule has 2 aromatic carbocycles. The van der Waals surface area contributed by atoms with Gasteiger partial charge in [-0.1, -0.05) is 12.1 Å². The maximum absolute atomic E-state index is 13.7. The molecule has 1 aliphatic carbocycles. The Balaban J connectivity index is 1.59. The molecule has 1 aliphatic rings. The zero-order valence-electron chi connectivity index (χ0n) is 18.7. The molecular weight excluding hydrogens is 432 g/mol. The van der Waals surface area contributed by atoms with E-state index in [0.717, 1.165) is 31.2 Å². The van der Waals surface area contributed by atoms with Crippen molar-refractivity contribution in [2.75, 3.05) is 12.0 Å². The van der Waals surface area contributed by atoms with E-state index < -0.39 is 0 Å². The minimum atomic E-state index is -0.227. The van der Waals surface area contributed by atoms with Crippen LogP contribution in [-0.4, -0.2) is 44.7 Å². The number of methoxy groups -OCH3 is 1. The molecule has 1 N–H and O–H groups in total. The molecule has 0 aliphatic heterocycles. The molecule has 2 aromatic heterocycles. The third-order valence-electron chi connectivity index (χ3n) is 5.82. The third-order valence-corrected chi connectivity index (χ3v) is 5.82. The molecule has 0 saturated heterocycles. The van der Waals surface area contributed by atoms with Gasteiger partial charge >= 0.3 is 0 Å². The van der Waals surface area contributed by atoms with Crippen molar-refractivity contribution in [1.29, 1.82) is 0 Å². The van der Waals surface area contributed by atoms with Crippen molar-refractivity contribution in [2.45, 2.75) is 31.8 Å². The van der Waals surface area contributed by atoms with Gasteiger partial charge in [0.2, 0.25) is 5.82 Å². The normalized spacial score (nSPS) is 13.6. The number of amides is 1. The number of benzene rings is 2. The van der Waals surface area contributed by atoms with Crippen LogP contribution in [0.15, 0.2) is 67.0 Å². The maximum atomic E-state index is 13.7. The van der Waals surface area contributed by atoms with Crippen LogP contribution < -0.4 is 14.4 Å². The van der Waals surface area contributed by atoms with E-state index in [1.165, 1.54) is 0 Å². The van der Waals surface area contributed by atoms with E-state index in [2.05, 4.69) is 25.6 Å². The molecule has 1 fully saturated rings. The molecule has 1 amide bonds. The van der Waals surface area contributed by atoms with Crippen molar-refractivity contribution >= 4 is 17.3 Å². The van der Waals surface area contributed by atoms with E-state index in [-0.39, 0.29) is 12.0 Å². The lowest BCUT2D eigenvalue weighted by Gasteiger charge is -2.25. The Morgan fingerprint density at radius 2 is 1.88 bits per heavy atom. The summed E-state index contributed by atoms with van der Waals surface area (Å²) in [7, 11) is 1.61. The topological polar surface area (TPSA) is 106 Å². The molecule has 2 heterocycles. The summed E-state index contributed by atoms with van der Waals surface area (Å²) < 4.78 is 11.8. The van der Waals surface area contributed by atoms with Crippen LogP contribution in [0, 0.1) is 0 Å². The predicted octanol–water partition coefficient (Wildman–Crippen LogP) is 4.57. The first-order valence-electron chi connectivity index (χ1n) is 11.2. The smallest absolute Gasteiger partial charge is 0.264 e. The molecule has 34 heavy (non-hydrogen) atoms. The summed E-state index contributed by atoms with van der Waals surface area (Å²) in [5.41, 5.74) is 2.48. The largest absolute Gasteiger partial charge is 0.493 e. The number of nitrogens with one attached hydrogen (secondary N) is 1. The number of ether oxygens (including phenoxy) is 2. The van der Waals surface area contributed by atoms with Gasteiger partial charge in [-0.05, 0) is 67.3 Å². The second kappa shape index (κ2) is 9.70. The standard InChI is InChI=1S/C25H24N6O3/c1-33-22-12-11-20(15-23(22)34-21-9-2-3-10-21)31(25(32)18-7-5-13-26-16-18)19-8-4-6-17(14-19)24-27-29-30-28-24/h4-8,11-16,21H,2-3,9-10H2,1H3,(H,27,28,29,30). The van der Waals surface area contributed by atoms with Crippen molar-refractivity contribution in [2.24, 2.45) is 0 Å². The molecule has 0 radical (unpaired) electrons. The maximum Gasteiger partial charge on any atom is 0.264 e. The van der Waals surface area contributed by atoms with Crippen LogP contribution in [0.5, 0.6) is 11.5 Å². The average Bonchev–Trinajstić information content (AvgIpc) is 3.60. The average molecular weight is 457 g/mol. The van der Waals surface area contributed by atoms with E-state index in [1.54, 1.807) is 36.5 Å². The number of aromatic nitrogens is 5. The van der Waals surface area contributed by atoms with Gasteiger partial charge in [0.1, 0.15) is 0 Å². The Hall–Kier alpha value is -4.27. The van der Waals surface area contributed by atoms with Crippen molar-refractivity contribution in [3.05, 3.63) is 72.6 Å². The summed E-state index contributed by atoms with van der Waals surface area (Å²) in [4.78, 5) is 19.5. The zero-order chi connectivity index (χ0) is 23.3. The SMILES string of the molecule is COc1ccc(N(C(=O)c2cccnc2)c2cccc(-c3nn[nH]n3)c2)cc1OC1CCCC1. The van der Waals surface area contributed by atoms with E-state index in [0.29, 0.717) is 34.3 Å². The molecule has 172 valence electrons. The minimum absolute atomic E-state index is 0.146. The van der Waals surface area contributed by atoms with E-state index in [1.807, 2.05) is 42.5 Å². The van der Waals surface area contributed by atoms with Gasteiger partial charge in [-0.2, -0.15) is 5.21 Å². The molecule has 4 aromatic rings. The summed E-state index contributed by atoms with van der Waals surface area (Å²) in [6, 6.07) is 16.4. The second-order valence-electron chi connectivity index (χ2n) is 8.03. The highest BCUT2D eigenvalue weighted by Gasteiger charge is 2.24. The number of hydrogen-bond acceptors (Lipinski definition) is 7. The van der Waals surface area contributed by atoms with E-state index in [9.17, 15) is 4.79 Å². The summed E-state index contributed by atoms with van der Waals surface area (Å²) in [6.45, 7) is 0. The van der Waals surface area contributed by atoms with Crippen LogP contribution in [0.1, 0.15) is 36.0 Å². The number of carbonyl (C=O) groups excluding carboxylic acids is 1. The highest BCUT2D eigenvalue weighted by Crippen LogP contribution is 2.38. The third kappa shape index (κ3) is 4.45. The van der Waals surface area contributed by atoms with Gasteiger partial charge in [-0.25, -0.2) is 0 Å². The Morgan fingerprint density at radius 3 is 2.62 bits per heavy atom. The van der Waals surface area contributed by atoms with Gasteiger partial charge in [-0.15, -0.1) is 10.2 Å². The minimum Gasteiger partial charge on any atom is -0.493 e. The number of tetrazole rings is 1. The Morgan fingerprint density at radius 1 is 1.03 bits per heavy atom. The van der Waals surface area contributed by atoms with Crippen molar-refractivity contribution in [1.82, 2.24) is 25.6 Å². The van der Waals surface area contributed by atoms with Crippen molar-refractivity contribution in [3.63, 3.8) is 0 Å². The fourth-order valence-corrected chi connectivity index (χ4v) is 4.15. The van der Waals surface area contributed by atoms with E-state index in [4.69, 9.17) is 9.47 Å².